The van der Waals surface area contributed by atoms with E-state index in [0.29, 0.717) is 19.3 Å². The van der Waals surface area contributed by atoms with Gasteiger partial charge in [-0.25, -0.2) is 0 Å². The number of hydrogen-bond donors (Lipinski definition) is 1. The average molecular weight is 328 g/mol. The van der Waals surface area contributed by atoms with Crippen LogP contribution in [0.5, 0.6) is 11.5 Å². The fourth-order valence-electron chi connectivity index (χ4n) is 2.81. The predicted molar refractivity (Wildman–Crippen MR) is 93.3 cm³/mol. The summed E-state index contributed by atoms with van der Waals surface area (Å²) >= 11 is 0. The lowest BCUT2D eigenvalue weighted by Gasteiger charge is -2.13. The topological polar surface area (TPSA) is 44.3 Å². The van der Waals surface area contributed by atoms with Crippen molar-refractivity contribution < 1.29 is 19.5 Å². The molecule has 1 saturated heterocycles. The second-order valence-corrected chi connectivity index (χ2v) is 6.02. The number of ether oxygens (including phenoxy) is 3. The van der Waals surface area contributed by atoms with Gasteiger partial charge < -0.3 is 19.5 Å². The van der Waals surface area contributed by atoms with Crippen LogP contribution in [-0.2, 0) is 11.3 Å². The van der Waals surface area contributed by atoms with Crippen molar-refractivity contribution in [3.8, 4) is 11.5 Å². The summed E-state index contributed by atoms with van der Waals surface area (Å²) < 4.78 is 17.4. The van der Waals surface area contributed by atoms with Crippen molar-refractivity contribution >= 4 is 0 Å². The first kappa shape index (κ1) is 16.8. The summed E-state index contributed by atoms with van der Waals surface area (Å²) in [4.78, 5) is 0. The van der Waals surface area contributed by atoms with E-state index in [4.69, 9.17) is 14.2 Å². The van der Waals surface area contributed by atoms with Crippen molar-refractivity contribution in [1.82, 2.24) is 0 Å². The van der Waals surface area contributed by atoms with Gasteiger partial charge in [-0.05, 0) is 30.5 Å². The molecular formula is C20H26NO3+. The molecule has 4 nitrogen and oxygen atoms in total. The maximum atomic E-state index is 5.91. The largest absolute Gasteiger partial charge is 0.485 e. The lowest BCUT2D eigenvalue weighted by Crippen LogP contribution is -2.87. The maximum Gasteiger partial charge on any atom is 0.161 e. The summed E-state index contributed by atoms with van der Waals surface area (Å²) in [6, 6.07) is 18.0. The van der Waals surface area contributed by atoms with Gasteiger partial charge in [-0.1, -0.05) is 42.5 Å². The third-order valence-corrected chi connectivity index (χ3v) is 4.12. The summed E-state index contributed by atoms with van der Waals surface area (Å²) in [5.74, 6) is 1.60. The second kappa shape index (κ2) is 9.30. The molecule has 4 heteroatoms. The third-order valence-electron chi connectivity index (χ3n) is 4.12. The van der Waals surface area contributed by atoms with E-state index in [1.807, 2.05) is 42.5 Å². The molecule has 2 aromatic carbocycles. The molecule has 128 valence electrons. The Labute approximate surface area is 143 Å². The van der Waals surface area contributed by atoms with E-state index >= 15 is 0 Å². The van der Waals surface area contributed by atoms with Crippen LogP contribution in [0.3, 0.4) is 0 Å². The zero-order chi connectivity index (χ0) is 16.5. The zero-order valence-electron chi connectivity index (χ0n) is 14.0. The Balaban J connectivity index is 1.41. The Morgan fingerprint density at radius 1 is 0.958 bits per heavy atom. The molecule has 2 N–H and O–H groups in total. The highest BCUT2D eigenvalue weighted by Gasteiger charge is 2.16. The standard InChI is InChI=1S/C20H25NO3/c1-2-7-17(8-3-1)16-24-20-11-5-4-10-19(20)23-14-12-21-15-18-9-6-13-22-18/h1-5,7-8,10-11,18,21H,6,9,12-16H2/p+1/t18-/m0/s1. The van der Waals surface area contributed by atoms with E-state index in [-0.39, 0.29) is 0 Å². The van der Waals surface area contributed by atoms with Crippen molar-refractivity contribution in [1.29, 1.82) is 0 Å². The molecular weight excluding hydrogens is 302 g/mol. The highest BCUT2D eigenvalue weighted by atomic mass is 16.5. The molecule has 0 radical (unpaired) electrons. The lowest BCUT2D eigenvalue weighted by atomic mass is 10.2. The molecule has 0 aromatic heterocycles. The quantitative estimate of drug-likeness (QED) is 0.719. The minimum atomic E-state index is 0.423. The summed E-state index contributed by atoms with van der Waals surface area (Å²) in [5, 5.41) is 2.27. The molecule has 0 saturated carbocycles. The summed E-state index contributed by atoms with van der Waals surface area (Å²) in [7, 11) is 0. The Morgan fingerprint density at radius 3 is 2.46 bits per heavy atom. The molecule has 1 heterocycles. The van der Waals surface area contributed by atoms with Gasteiger partial charge in [0.15, 0.2) is 11.5 Å². The number of hydrogen-bond acceptors (Lipinski definition) is 3. The van der Waals surface area contributed by atoms with E-state index in [1.54, 1.807) is 0 Å². The molecule has 2 aromatic rings. The first-order valence-corrected chi connectivity index (χ1v) is 8.73. The fraction of sp³-hybridized carbons (Fsp3) is 0.400. The summed E-state index contributed by atoms with van der Waals surface area (Å²) in [6.07, 6.45) is 2.81. The number of quaternary nitrogens is 1. The highest BCUT2D eigenvalue weighted by molar-refractivity contribution is 5.39. The van der Waals surface area contributed by atoms with Gasteiger partial charge in [0, 0.05) is 6.61 Å². The van der Waals surface area contributed by atoms with Crippen LogP contribution in [0, 0.1) is 0 Å². The third kappa shape index (κ3) is 5.25. The Kier molecular flexibility index (Phi) is 6.51. The van der Waals surface area contributed by atoms with Gasteiger partial charge in [-0.15, -0.1) is 0 Å². The van der Waals surface area contributed by atoms with Crippen LogP contribution < -0.4 is 14.8 Å². The van der Waals surface area contributed by atoms with Gasteiger partial charge in [0.2, 0.25) is 0 Å². The van der Waals surface area contributed by atoms with Crippen molar-refractivity contribution in [2.45, 2.75) is 25.6 Å². The smallest absolute Gasteiger partial charge is 0.161 e. The molecule has 1 fully saturated rings. The van der Waals surface area contributed by atoms with Crippen molar-refractivity contribution in [3.05, 3.63) is 60.2 Å². The van der Waals surface area contributed by atoms with Gasteiger partial charge in [0.1, 0.15) is 32.4 Å². The van der Waals surface area contributed by atoms with Crippen LogP contribution in [0.25, 0.3) is 0 Å². The molecule has 3 rings (SSSR count). The molecule has 0 aliphatic carbocycles. The van der Waals surface area contributed by atoms with Crippen molar-refractivity contribution in [3.63, 3.8) is 0 Å². The Bertz CT molecular complexity index is 597. The first-order valence-electron chi connectivity index (χ1n) is 8.73. The zero-order valence-corrected chi connectivity index (χ0v) is 14.0. The van der Waals surface area contributed by atoms with Crippen LogP contribution in [0.2, 0.25) is 0 Å². The molecule has 0 bridgehead atoms. The van der Waals surface area contributed by atoms with Crippen LogP contribution >= 0.6 is 0 Å². The minimum Gasteiger partial charge on any atom is -0.485 e. The fourth-order valence-corrected chi connectivity index (χ4v) is 2.81. The van der Waals surface area contributed by atoms with Gasteiger partial charge in [-0.3, -0.25) is 0 Å². The summed E-state index contributed by atoms with van der Waals surface area (Å²) in [6.45, 7) is 4.08. The van der Waals surface area contributed by atoms with E-state index in [2.05, 4.69) is 17.4 Å². The minimum absolute atomic E-state index is 0.423. The van der Waals surface area contributed by atoms with Gasteiger partial charge in [0.25, 0.3) is 0 Å². The number of para-hydroxylation sites is 2. The number of rotatable bonds is 9. The molecule has 0 spiro atoms. The molecule has 1 aliphatic rings. The van der Waals surface area contributed by atoms with Crippen LogP contribution in [-0.4, -0.2) is 32.4 Å². The summed E-state index contributed by atoms with van der Waals surface area (Å²) in [5.41, 5.74) is 1.15. The van der Waals surface area contributed by atoms with Crippen LogP contribution in [0.4, 0.5) is 0 Å². The van der Waals surface area contributed by atoms with Crippen LogP contribution in [0.1, 0.15) is 18.4 Å². The molecule has 0 amide bonds. The van der Waals surface area contributed by atoms with Gasteiger partial charge in [0.05, 0.1) is 0 Å². The van der Waals surface area contributed by atoms with Crippen molar-refractivity contribution in [2.75, 3.05) is 26.3 Å². The molecule has 0 unspecified atom stereocenters. The second-order valence-electron chi connectivity index (χ2n) is 6.02. The maximum absolute atomic E-state index is 5.91. The van der Waals surface area contributed by atoms with E-state index in [1.165, 1.54) is 12.8 Å². The number of benzene rings is 2. The average Bonchev–Trinajstić information content (AvgIpc) is 3.15. The first-order chi connectivity index (χ1) is 11.9. The van der Waals surface area contributed by atoms with Crippen molar-refractivity contribution in [2.24, 2.45) is 0 Å². The SMILES string of the molecule is c1ccc(COc2ccccc2OCC[NH2+]C[C@@H]2CCCO2)cc1. The van der Waals surface area contributed by atoms with Crippen LogP contribution in [0.15, 0.2) is 54.6 Å². The normalized spacial score (nSPS) is 16.9. The highest BCUT2D eigenvalue weighted by Crippen LogP contribution is 2.27. The monoisotopic (exact) mass is 328 g/mol. The Morgan fingerprint density at radius 2 is 1.71 bits per heavy atom. The molecule has 24 heavy (non-hydrogen) atoms. The molecule has 1 aliphatic heterocycles. The Hall–Kier alpha value is -2.04. The van der Waals surface area contributed by atoms with E-state index in [0.717, 1.165) is 36.8 Å². The predicted octanol–water partition coefficient (Wildman–Crippen LogP) is 2.39. The lowest BCUT2D eigenvalue weighted by molar-refractivity contribution is -0.661. The van der Waals surface area contributed by atoms with E-state index < -0.39 is 0 Å². The van der Waals surface area contributed by atoms with Gasteiger partial charge in [-0.2, -0.15) is 0 Å². The number of nitrogens with two attached hydrogens (primary N) is 1. The van der Waals surface area contributed by atoms with Gasteiger partial charge >= 0.3 is 0 Å². The molecule has 1 atom stereocenters. The van der Waals surface area contributed by atoms with E-state index in [9.17, 15) is 0 Å².